The number of hydrogen-bond donors (Lipinski definition) is 1. The monoisotopic (exact) mass is 323 g/mol. The molecule has 5 heteroatoms. The Hall–Kier alpha value is -1.10. The summed E-state index contributed by atoms with van der Waals surface area (Å²) in [6.07, 6.45) is 5.86. The van der Waals surface area contributed by atoms with E-state index in [1.54, 1.807) is 12.1 Å². The summed E-state index contributed by atoms with van der Waals surface area (Å²) in [6, 6.07) is 7.33. The molecule has 1 aliphatic heterocycles. The van der Waals surface area contributed by atoms with Gasteiger partial charge in [-0.05, 0) is 30.5 Å². The topological polar surface area (TPSA) is 47.6 Å². The van der Waals surface area contributed by atoms with E-state index in [0.29, 0.717) is 24.6 Å². The second-order valence-electron chi connectivity index (χ2n) is 6.13. The first-order valence-corrected chi connectivity index (χ1v) is 8.36. The Balaban J connectivity index is 1.43. The molecule has 1 saturated carbocycles. The average molecular weight is 324 g/mol. The molecule has 120 valence electrons. The molecule has 2 aliphatic rings. The Labute approximate surface area is 136 Å². The van der Waals surface area contributed by atoms with Gasteiger partial charge in [0.2, 0.25) is 5.91 Å². The van der Waals surface area contributed by atoms with Gasteiger partial charge in [0.15, 0.2) is 5.79 Å². The zero-order chi connectivity index (χ0) is 15.4. The predicted octanol–water partition coefficient (Wildman–Crippen LogP) is 3.07. The number of nitrogens with one attached hydrogen (secondary N) is 1. The van der Waals surface area contributed by atoms with Gasteiger partial charge in [-0.25, -0.2) is 0 Å². The molecule has 3 rings (SSSR count). The molecule has 1 aromatic carbocycles. The smallest absolute Gasteiger partial charge is 0.224 e. The molecule has 22 heavy (non-hydrogen) atoms. The number of carbonyl (C=O) groups is 1. The maximum Gasteiger partial charge on any atom is 0.224 e. The van der Waals surface area contributed by atoms with Gasteiger partial charge >= 0.3 is 0 Å². The van der Waals surface area contributed by atoms with Crippen LogP contribution in [0.4, 0.5) is 0 Å². The third kappa shape index (κ3) is 4.00. The van der Waals surface area contributed by atoms with Crippen LogP contribution in [0.15, 0.2) is 24.3 Å². The van der Waals surface area contributed by atoms with Crippen molar-refractivity contribution in [1.82, 2.24) is 5.32 Å². The number of carbonyl (C=O) groups excluding carboxylic acids is 1. The summed E-state index contributed by atoms with van der Waals surface area (Å²) in [5.74, 6) is -0.375. The van der Waals surface area contributed by atoms with Crippen molar-refractivity contribution in [1.29, 1.82) is 0 Å². The summed E-state index contributed by atoms with van der Waals surface area (Å²) in [7, 11) is 0. The molecule has 1 amide bonds. The molecule has 0 aromatic heterocycles. The SMILES string of the molecule is O=C(Cc1ccc(Cl)cc1)NC[C@@H]1COC2(CCCCC2)O1. The lowest BCUT2D eigenvalue weighted by atomic mass is 9.94. The molecular formula is C17H22ClNO3. The van der Waals surface area contributed by atoms with E-state index in [-0.39, 0.29) is 17.8 Å². The van der Waals surface area contributed by atoms with E-state index in [9.17, 15) is 4.79 Å². The minimum Gasteiger partial charge on any atom is -0.353 e. The second kappa shape index (κ2) is 6.99. The summed E-state index contributed by atoms with van der Waals surface area (Å²) < 4.78 is 11.9. The summed E-state index contributed by atoms with van der Waals surface area (Å²) in [5, 5.41) is 3.61. The van der Waals surface area contributed by atoms with Gasteiger partial charge in [-0.2, -0.15) is 0 Å². The van der Waals surface area contributed by atoms with Crippen molar-refractivity contribution in [2.75, 3.05) is 13.2 Å². The third-order valence-electron chi connectivity index (χ3n) is 4.33. The molecule has 4 nitrogen and oxygen atoms in total. The first-order chi connectivity index (χ1) is 10.7. The Morgan fingerprint density at radius 3 is 2.68 bits per heavy atom. The van der Waals surface area contributed by atoms with Crippen LogP contribution in [-0.2, 0) is 20.7 Å². The number of hydrogen-bond acceptors (Lipinski definition) is 3. The zero-order valence-corrected chi connectivity index (χ0v) is 13.4. The highest BCUT2D eigenvalue weighted by Crippen LogP contribution is 2.37. The number of rotatable bonds is 4. The Kier molecular flexibility index (Phi) is 5.01. The fourth-order valence-corrected chi connectivity index (χ4v) is 3.27. The largest absolute Gasteiger partial charge is 0.353 e. The summed E-state index contributed by atoms with van der Waals surface area (Å²) in [5.41, 5.74) is 0.953. The second-order valence-corrected chi connectivity index (χ2v) is 6.57. The molecule has 0 unspecified atom stereocenters. The lowest BCUT2D eigenvalue weighted by Crippen LogP contribution is -2.37. The molecule has 1 spiro atoms. The standard InChI is InChI=1S/C17H22ClNO3/c18-14-6-4-13(5-7-14)10-16(20)19-11-15-12-21-17(22-15)8-2-1-3-9-17/h4-7,15H,1-3,8-12H2,(H,19,20)/t15-/m1/s1. The Morgan fingerprint density at radius 1 is 1.23 bits per heavy atom. The van der Waals surface area contributed by atoms with Crippen LogP contribution < -0.4 is 5.32 Å². The van der Waals surface area contributed by atoms with Gasteiger partial charge in [-0.3, -0.25) is 4.79 Å². The van der Waals surface area contributed by atoms with Gasteiger partial charge in [-0.1, -0.05) is 30.2 Å². The van der Waals surface area contributed by atoms with Crippen LogP contribution >= 0.6 is 11.6 Å². The molecule has 1 heterocycles. The molecule has 0 bridgehead atoms. The van der Waals surface area contributed by atoms with E-state index >= 15 is 0 Å². The maximum atomic E-state index is 12.0. The molecule has 1 saturated heterocycles. The van der Waals surface area contributed by atoms with Crippen molar-refractivity contribution in [2.24, 2.45) is 0 Å². The highest BCUT2D eigenvalue weighted by atomic mass is 35.5. The van der Waals surface area contributed by atoms with Crippen LogP contribution in [0.3, 0.4) is 0 Å². The van der Waals surface area contributed by atoms with Crippen LogP contribution in [0.25, 0.3) is 0 Å². The van der Waals surface area contributed by atoms with Gasteiger partial charge < -0.3 is 14.8 Å². The Morgan fingerprint density at radius 2 is 1.95 bits per heavy atom. The van der Waals surface area contributed by atoms with Gasteiger partial charge in [0.25, 0.3) is 0 Å². The van der Waals surface area contributed by atoms with E-state index in [0.717, 1.165) is 31.2 Å². The molecule has 0 radical (unpaired) electrons. The quantitative estimate of drug-likeness (QED) is 0.926. The van der Waals surface area contributed by atoms with Crippen LogP contribution in [0.1, 0.15) is 37.7 Å². The van der Waals surface area contributed by atoms with Crippen molar-refractivity contribution in [3.8, 4) is 0 Å². The molecule has 1 aromatic rings. The first-order valence-electron chi connectivity index (χ1n) is 7.98. The number of amides is 1. The minimum absolute atomic E-state index is 0.00415. The summed E-state index contributed by atoms with van der Waals surface area (Å²) >= 11 is 5.84. The van der Waals surface area contributed by atoms with Crippen molar-refractivity contribution in [2.45, 2.75) is 50.4 Å². The Bertz CT molecular complexity index is 511. The van der Waals surface area contributed by atoms with E-state index in [1.807, 2.05) is 12.1 Å². The van der Waals surface area contributed by atoms with Crippen molar-refractivity contribution in [3.05, 3.63) is 34.9 Å². The third-order valence-corrected chi connectivity index (χ3v) is 4.59. The summed E-state index contributed by atoms with van der Waals surface area (Å²) in [6.45, 7) is 1.08. The molecular weight excluding hydrogens is 302 g/mol. The number of benzene rings is 1. The molecule has 2 fully saturated rings. The molecule has 1 N–H and O–H groups in total. The maximum absolute atomic E-state index is 12.0. The van der Waals surface area contributed by atoms with Crippen LogP contribution in [0.5, 0.6) is 0 Å². The van der Waals surface area contributed by atoms with Crippen LogP contribution in [-0.4, -0.2) is 30.9 Å². The average Bonchev–Trinajstić information content (AvgIpc) is 2.91. The van der Waals surface area contributed by atoms with E-state index in [1.165, 1.54) is 6.42 Å². The van der Waals surface area contributed by atoms with E-state index in [2.05, 4.69) is 5.32 Å². The van der Waals surface area contributed by atoms with Gasteiger partial charge in [-0.15, -0.1) is 0 Å². The van der Waals surface area contributed by atoms with E-state index < -0.39 is 0 Å². The van der Waals surface area contributed by atoms with Gasteiger partial charge in [0, 0.05) is 24.4 Å². The fraction of sp³-hybridized carbons (Fsp3) is 0.588. The number of halogens is 1. The molecule has 1 aliphatic carbocycles. The zero-order valence-electron chi connectivity index (χ0n) is 12.6. The van der Waals surface area contributed by atoms with E-state index in [4.69, 9.17) is 21.1 Å². The fourth-order valence-electron chi connectivity index (χ4n) is 3.15. The van der Waals surface area contributed by atoms with Crippen molar-refractivity contribution >= 4 is 17.5 Å². The van der Waals surface area contributed by atoms with Gasteiger partial charge in [0.05, 0.1) is 13.0 Å². The van der Waals surface area contributed by atoms with Crippen LogP contribution in [0.2, 0.25) is 5.02 Å². The predicted molar refractivity (Wildman–Crippen MR) is 84.8 cm³/mol. The van der Waals surface area contributed by atoms with Crippen molar-refractivity contribution < 1.29 is 14.3 Å². The van der Waals surface area contributed by atoms with Gasteiger partial charge in [0.1, 0.15) is 6.10 Å². The normalized spacial score (nSPS) is 23.6. The lowest BCUT2D eigenvalue weighted by molar-refractivity contribution is -0.186. The highest BCUT2D eigenvalue weighted by Gasteiger charge is 2.42. The lowest BCUT2D eigenvalue weighted by Gasteiger charge is -2.31. The van der Waals surface area contributed by atoms with Crippen LogP contribution in [0, 0.1) is 0 Å². The highest BCUT2D eigenvalue weighted by molar-refractivity contribution is 6.30. The summed E-state index contributed by atoms with van der Waals surface area (Å²) in [4.78, 5) is 12.0. The molecule has 1 atom stereocenters. The minimum atomic E-state index is -0.371. The number of ether oxygens (including phenoxy) is 2. The van der Waals surface area contributed by atoms with Crippen molar-refractivity contribution in [3.63, 3.8) is 0 Å². The first kappa shape index (κ1) is 15.8.